The van der Waals surface area contributed by atoms with Crippen LogP contribution in [0.3, 0.4) is 0 Å². The predicted molar refractivity (Wildman–Crippen MR) is 98.1 cm³/mol. The number of nitrogens with zero attached hydrogens (tertiary/aromatic N) is 1. The number of hydrogen-bond donors (Lipinski definition) is 1. The van der Waals surface area contributed by atoms with Crippen LogP contribution in [0.25, 0.3) is 11.1 Å². The lowest BCUT2D eigenvalue weighted by Crippen LogP contribution is -2.14. The molecule has 1 N–H and O–H groups in total. The predicted octanol–water partition coefficient (Wildman–Crippen LogP) is 5.41. The van der Waals surface area contributed by atoms with E-state index in [1.807, 2.05) is 19.1 Å². The van der Waals surface area contributed by atoms with Crippen molar-refractivity contribution < 1.29 is 22.4 Å². The van der Waals surface area contributed by atoms with Crippen LogP contribution in [0, 0.1) is 6.92 Å². The first-order chi connectivity index (χ1) is 13.3. The topological polar surface area (TPSA) is 55.1 Å². The van der Waals surface area contributed by atoms with Gasteiger partial charge in [-0.3, -0.25) is 4.79 Å². The van der Waals surface area contributed by atoms with Crippen molar-refractivity contribution in [2.75, 3.05) is 5.32 Å². The summed E-state index contributed by atoms with van der Waals surface area (Å²) in [6.45, 7) is 1.82. The first-order valence-corrected chi connectivity index (χ1v) is 8.89. The van der Waals surface area contributed by atoms with Gasteiger partial charge in [0, 0.05) is 34.9 Å². The lowest BCUT2D eigenvalue weighted by molar-refractivity contribution is -0.152. The number of furan rings is 1. The normalized spacial score (nSPS) is 13.4. The standard InChI is InChI=1S/C21H17F3N2O2/c1-12-5-2-3-6-14(12)20(27)26-17-10-9-13(11-25-17)18-15-7-4-8-16(15)28-19(18)21(22,23)24/h2-3,5-6,9-11H,4,7-8H2,1H3,(H,25,26,27). The molecule has 1 aliphatic rings. The Kier molecular flexibility index (Phi) is 4.45. The van der Waals surface area contributed by atoms with Gasteiger partial charge in [0.2, 0.25) is 5.76 Å². The van der Waals surface area contributed by atoms with E-state index in [0.29, 0.717) is 35.3 Å². The average Bonchev–Trinajstić information content (AvgIpc) is 3.23. The van der Waals surface area contributed by atoms with Crippen LogP contribution in [0.5, 0.6) is 0 Å². The summed E-state index contributed by atoms with van der Waals surface area (Å²) in [4.78, 5) is 16.5. The second-order valence-corrected chi connectivity index (χ2v) is 6.76. The van der Waals surface area contributed by atoms with Crippen LogP contribution in [-0.4, -0.2) is 10.9 Å². The number of rotatable bonds is 3. The number of aryl methyl sites for hydroxylation is 2. The summed E-state index contributed by atoms with van der Waals surface area (Å²) in [7, 11) is 0. The van der Waals surface area contributed by atoms with Gasteiger partial charge in [0.25, 0.3) is 5.91 Å². The number of aromatic nitrogens is 1. The van der Waals surface area contributed by atoms with Crippen LogP contribution >= 0.6 is 0 Å². The molecule has 0 fully saturated rings. The Morgan fingerprint density at radius 3 is 2.61 bits per heavy atom. The molecule has 2 aromatic heterocycles. The number of carbonyl (C=O) groups is 1. The smallest absolute Gasteiger partial charge is 0.450 e. The highest BCUT2D eigenvalue weighted by atomic mass is 19.4. The highest BCUT2D eigenvalue weighted by Crippen LogP contribution is 2.44. The SMILES string of the molecule is Cc1ccccc1C(=O)Nc1ccc(-c2c(C(F)(F)F)oc3c2CCC3)cn1. The van der Waals surface area contributed by atoms with Crippen molar-refractivity contribution in [1.29, 1.82) is 0 Å². The number of amides is 1. The van der Waals surface area contributed by atoms with Gasteiger partial charge in [-0.1, -0.05) is 18.2 Å². The summed E-state index contributed by atoms with van der Waals surface area (Å²) in [5, 5.41) is 2.67. The Bertz CT molecular complexity index is 1040. The fraction of sp³-hybridized carbons (Fsp3) is 0.238. The molecule has 1 aromatic carbocycles. The van der Waals surface area contributed by atoms with Gasteiger partial charge >= 0.3 is 6.18 Å². The Morgan fingerprint density at radius 1 is 1.14 bits per heavy atom. The summed E-state index contributed by atoms with van der Waals surface area (Å²) >= 11 is 0. The lowest BCUT2D eigenvalue weighted by atomic mass is 10.0. The van der Waals surface area contributed by atoms with Crippen LogP contribution in [0.15, 0.2) is 47.0 Å². The van der Waals surface area contributed by atoms with Crippen molar-refractivity contribution in [1.82, 2.24) is 4.98 Å². The quantitative estimate of drug-likeness (QED) is 0.655. The molecular formula is C21H17F3N2O2. The first-order valence-electron chi connectivity index (χ1n) is 8.89. The molecule has 1 aliphatic carbocycles. The number of carbonyl (C=O) groups excluding carboxylic acids is 1. The zero-order valence-corrected chi connectivity index (χ0v) is 15.1. The molecule has 3 aromatic rings. The lowest BCUT2D eigenvalue weighted by Gasteiger charge is -2.10. The van der Waals surface area contributed by atoms with Crippen molar-refractivity contribution in [2.45, 2.75) is 32.4 Å². The Morgan fingerprint density at radius 2 is 1.93 bits per heavy atom. The highest BCUT2D eigenvalue weighted by molar-refractivity contribution is 6.04. The largest absolute Gasteiger partial charge is 0.456 e. The molecule has 28 heavy (non-hydrogen) atoms. The van der Waals surface area contributed by atoms with E-state index in [4.69, 9.17) is 4.42 Å². The monoisotopic (exact) mass is 386 g/mol. The molecule has 0 unspecified atom stereocenters. The van der Waals surface area contributed by atoms with Gasteiger partial charge in [-0.25, -0.2) is 4.98 Å². The summed E-state index contributed by atoms with van der Waals surface area (Å²) in [5.41, 5.74) is 2.32. The molecule has 0 aliphatic heterocycles. The molecule has 0 saturated carbocycles. The van der Waals surface area contributed by atoms with E-state index in [0.717, 1.165) is 12.0 Å². The molecule has 0 radical (unpaired) electrons. The van der Waals surface area contributed by atoms with Crippen molar-refractivity contribution in [3.63, 3.8) is 0 Å². The molecule has 4 rings (SSSR count). The van der Waals surface area contributed by atoms with E-state index in [-0.39, 0.29) is 17.3 Å². The zero-order chi connectivity index (χ0) is 19.9. The van der Waals surface area contributed by atoms with Gasteiger partial charge in [0.15, 0.2) is 0 Å². The van der Waals surface area contributed by atoms with E-state index in [1.54, 1.807) is 12.1 Å². The fourth-order valence-corrected chi connectivity index (χ4v) is 3.54. The van der Waals surface area contributed by atoms with E-state index in [9.17, 15) is 18.0 Å². The van der Waals surface area contributed by atoms with Crippen LogP contribution in [0.4, 0.5) is 19.0 Å². The zero-order valence-electron chi connectivity index (χ0n) is 15.1. The van der Waals surface area contributed by atoms with Gasteiger partial charge in [0.1, 0.15) is 11.6 Å². The number of hydrogen-bond acceptors (Lipinski definition) is 3. The maximum Gasteiger partial charge on any atom is 0.450 e. The third kappa shape index (κ3) is 3.28. The number of fused-ring (bicyclic) bond motifs is 1. The highest BCUT2D eigenvalue weighted by Gasteiger charge is 2.41. The van der Waals surface area contributed by atoms with E-state index < -0.39 is 11.9 Å². The summed E-state index contributed by atoms with van der Waals surface area (Å²) < 4.78 is 45.3. The molecule has 144 valence electrons. The Hall–Kier alpha value is -3.09. The number of halogens is 3. The van der Waals surface area contributed by atoms with E-state index >= 15 is 0 Å². The van der Waals surface area contributed by atoms with Crippen LogP contribution in [0.1, 0.15) is 39.4 Å². The maximum absolute atomic E-state index is 13.4. The molecule has 0 spiro atoms. The molecule has 0 bridgehead atoms. The summed E-state index contributed by atoms with van der Waals surface area (Å²) in [6.07, 6.45) is -1.40. The van der Waals surface area contributed by atoms with E-state index in [2.05, 4.69) is 10.3 Å². The molecule has 1 amide bonds. The van der Waals surface area contributed by atoms with Gasteiger partial charge in [-0.05, 0) is 43.5 Å². The van der Waals surface area contributed by atoms with Gasteiger partial charge < -0.3 is 9.73 Å². The number of alkyl halides is 3. The number of pyridine rings is 1. The van der Waals surface area contributed by atoms with Crippen LogP contribution in [0.2, 0.25) is 0 Å². The molecule has 0 saturated heterocycles. The minimum Gasteiger partial charge on any atom is -0.456 e. The van der Waals surface area contributed by atoms with Gasteiger partial charge in [0.05, 0.1) is 0 Å². The molecule has 4 nitrogen and oxygen atoms in total. The third-order valence-corrected chi connectivity index (χ3v) is 4.86. The average molecular weight is 386 g/mol. The Labute approximate surface area is 159 Å². The fourth-order valence-electron chi connectivity index (χ4n) is 3.54. The molecule has 0 atom stereocenters. The first kappa shape index (κ1) is 18.3. The number of benzene rings is 1. The second-order valence-electron chi connectivity index (χ2n) is 6.76. The van der Waals surface area contributed by atoms with Crippen molar-refractivity contribution in [2.24, 2.45) is 0 Å². The molecular weight excluding hydrogens is 369 g/mol. The summed E-state index contributed by atoms with van der Waals surface area (Å²) in [5.74, 6) is -0.626. The van der Waals surface area contributed by atoms with Crippen molar-refractivity contribution in [3.8, 4) is 11.1 Å². The van der Waals surface area contributed by atoms with Gasteiger partial charge in [-0.15, -0.1) is 0 Å². The third-order valence-electron chi connectivity index (χ3n) is 4.86. The van der Waals surface area contributed by atoms with Gasteiger partial charge in [-0.2, -0.15) is 13.2 Å². The van der Waals surface area contributed by atoms with Crippen molar-refractivity contribution >= 4 is 11.7 Å². The summed E-state index contributed by atoms with van der Waals surface area (Å²) in [6, 6.07) is 10.1. The van der Waals surface area contributed by atoms with Crippen molar-refractivity contribution in [3.05, 3.63) is 70.8 Å². The number of anilines is 1. The van der Waals surface area contributed by atoms with Crippen LogP contribution in [-0.2, 0) is 19.0 Å². The second kappa shape index (κ2) is 6.82. The maximum atomic E-state index is 13.4. The minimum atomic E-state index is -4.57. The number of nitrogens with one attached hydrogen (secondary N) is 1. The van der Waals surface area contributed by atoms with Crippen LogP contribution < -0.4 is 5.32 Å². The van der Waals surface area contributed by atoms with E-state index in [1.165, 1.54) is 18.3 Å². The minimum absolute atomic E-state index is 0.0595. The molecule has 2 heterocycles. The Balaban J connectivity index is 1.63. The molecule has 7 heteroatoms.